The van der Waals surface area contributed by atoms with Crippen LogP contribution >= 0.6 is 0 Å². The molecule has 0 aromatic carbocycles. The first-order chi connectivity index (χ1) is 10.6. The SMILES string of the molecule is CCCCOc1c(CO)oc(CO[Si](C)(C)C(C)(C)C)cc1=O. The van der Waals surface area contributed by atoms with Crippen molar-refractivity contribution in [3.8, 4) is 5.75 Å². The molecule has 1 N–H and O–H groups in total. The highest BCUT2D eigenvalue weighted by molar-refractivity contribution is 6.74. The fraction of sp³-hybridized carbons (Fsp3) is 0.706. The molecule has 23 heavy (non-hydrogen) atoms. The van der Waals surface area contributed by atoms with Crippen molar-refractivity contribution in [1.29, 1.82) is 0 Å². The lowest BCUT2D eigenvalue weighted by Gasteiger charge is -2.35. The van der Waals surface area contributed by atoms with Gasteiger partial charge in [0, 0.05) is 6.07 Å². The molecule has 1 aromatic rings. The summed E-state index contributed by atoms with van der Waals surface area (Å²) < 4.78 is 17.1. The van der Waals surface area contributed by atoms with Crippen LogP contribution in [0.25, 0.3) is 0 Å². The molecule has 0 fully saturated rings. The highest BCUT2D eigenvalue weighted by Gasteiger charge is 2.37. The van der Waals surface area contributed by atoms with E-state index in [1.54, 1.807) is 0 Å². The molecule has 0 bridgehead atoms. The molecule has 0 aliphatic carbocycles. The first-order valence-corrected chi connectivity index (χ1v) is 11.1. The number of aliphatic hydroxyl groups is 1. The number of rotatable bonds is 8. The molecule has 1 rings (SSSR count). The van der Waals surface area contributed by atoms with Gasteiger partial charge >= 0.3 is 0 Å². The average molecular weight is 343 g/mol. The van der Waals surface area contributed by atoms with E-state index < -0.39 is 8.32 Å². The molecular formula is C17H30O5Si. The number of hydrogen-bond acceptors (Lipinski definition) is 5. The van der Waals surface area contributed by atoms with Crippen molar-refractivity contribution >= 4 is 8.32 Å². The summed E-state index contributed by atoms with van der Waals surface area (Å²) in [5, 5.41) is 9.52. The number of hydrogen-bond donors (Lipinski definition) is 1. The average Bonchev–Trinajstić information content (AvgIpc) is 2.45. The van der Waals surface area contributed by atoms with E-state index in [0.717, 1.165) is 12.8 Å². The van der Waals surface area contributed by atoms with E-state index in [2.05, 4.69) is 33.9 Å². The van der Waals surface area contributed by atoms with Gasteiger partial charge in [0.05, 0.1) is 13.2 Å². The van der Waals surface area contributed by atoms with Gasteiger partial charge in [0.25, 0.3) is 0 Å². The monoisotopic (exact) mass is 342 g/mol. The lowest BCUT2D eigenvalue weighted by Crippen LogP contribution is -2.40. The lowest BCUT2D eigenvalue weighted by atomic mass is 10.2. The van der Waals surface area contributed by atoms with Crippen LogP contribution in [0.1, 0.15) is 52.1 Å². The predicted octanol–water partition coefficient (Wildman–Crippen LogP) is 3.83. The summed E-state index contributed by atoms with van der Waals surface area (Å²) in [7, 11) is -1.93. The number of unbranched alkanes of at least 4 members (excludes halogenated alkanes) is 1. The van der Waals surface area contributed by atoms with Gasteiger partial charge < -0.3 is 18.7 Å². The van der Waals surface area contributed by atoms with Crippen LogP contribution in [0.4, 0.5) is 0 Å². The number of aliphatic hydroxyl groups excluding tert-OH is 1. The highest BCUT2D eigenvalue weighted by atomic mass is 28.4. The second kappa shape index (κ2) is 8.12. The van der Waals surface area contributed by atoms with E-state index in [-0.39, 0.29) is 35.2 Å². The molecule has 0 atom stereocenters. The Morgan fingerprint density at radius 2 is 1.96 bits per heavy atom. The molecule has 132 valence electrons. The van der Waals surface area contributed by atoms with E-state index in [1.165, 1.54) is 6.07 Å². The molecule has 1 heterocycles. The van der Waals surface area contributed by atoms with Gasteiger partial charge in [-0.05, 0) is 24.6 Å². The molecule has 0 aliphatic rings. The van der Waals surface area contributed by atoms with E-state index in [4.69, 9.17) is 13.6 Å². The van der Waals surface area contributed by atoms with Crippen LogP contribution in [-0.2, 0) is 17.6 Å². The Hall–Kier alpha value is -1.11. The van der Waals surface area contributed by atoms with Gasteiger partial charge in [0.1, 0.15) is 12.4 Å². The zero-order valence-corrected chi connectivity index (χ0v) is 16.2. The second-order valence-corrected chi connectivity index (χ2v) is 12.0. The standard InChI is InChI=1S/C17H30O5Si/c1-7-8-9-20-16-14(19)10-13(22-15(16)11-18)12-21-23(5,6)17(2,3)4/h10,18H,7-9,11-12H2,1-6H3. The minimum Gasteiger partial charge on any atom is -0.486 e. The van der Waals surface area contributed by atoms with Crippen LogP contribution in [-0.4, -0.2) is 20.0 Å². The zero-order chi connectivity index (χ0) is 17.7. The van der Waals surface area contributed by atoms with Crippen molar-refractivity contribution in [1.82, 2.24) is 0 Å². The summed E-state index contributed by atoms with van der Waals surface area (Å²) in [6, 6.07) is 1.40. The Kier molecular flexibility index (Phi) is 7.04. The lowest BCUT2D eigenvalue weighted by molar-refractivity contribution is 0.194. The van der Waals surface area contributed by atoms with Gasteiger partial charge in [0.15, 0.2) is 14.1 Å². The molecule has 1 aromatic heterocycles. The van der Waals surface area contributed by atoms with Crippen molar-refractivity contribution < 1.29 is 18.7 Å². The van der Waals surface area contributed by atoms with Crippen molar-refractivity contribution in [3.63, 3.8) is 0 Å². The summed E-state index contributed by atoms with van der Waals surface area (Å²) in [4.78, 5) is 12.2. The normalized spacial score (nSPS) is 12.5. The van der Waals surface area contributed by atoms with E-state index in [1.807, 2.05) is 6.92 Å². The van der Waals surface area contributed by atoms with Crippen LogP contribution in [0.3, 0.4) is 0 Å². The maximum absolute atomic E-state index is 12.2. The van der Waals surface area contributed by atoms with E-state index in [9.17, 15) is 9.90 Å². The maximum atomic E-state index is 12.2. The largest absolute Gasteiger partial charge is 0.486 e. The van der Waals surface area contributed by atoms with Crippen molar-refractivity contribution in [3.05, 3.63) is 27.8 Å². The van der Waals surface area contributed by atoms with Crippen LogP contribution in [0.2, 0.25) is 18.1 Å². The zero-order valence-electron chi connectivity index (χ0n) is 15.2. The van der Waals surface area contributed by atoms with Crippen LogP contribution in [0.15, 0.2) is 15.3 Å². The van der Waals surface area contributed by atoms with Crippen molar-refractivity contribution in [2.45, 2.75) is 71.9 Å². The Morgan fingerprint density at radius 3 is 2.48 bits per heavy atom. The predicted molar refractivity (Wildman–Crippen MR) is 93.3 cm³/mol. The summed E-state index contributed by atoms with van der Waals surface area (Å²) in [5.74, 6) is 0.700. The summed E-state index contributed by atoms with van der Waals surface area (Å²) >= 11 is 0. The topological polar surface area (TPSA) is 68.9 Å². The third kappa shape index (κ3) is 5.48. The van der Waals surface area contributed by atoms with Gasteiger partial charge in [-0.1, -0.05) is 34.1 Å². The van der Waals surface area contributed by atoms with Gasteiger partial charge in [-0.25, -0.2) is 0 Å². The molecule has 0 unspecified atom stereocenters. The fourth-order valence-corrected chi connectivity index (χ4v) is 2.63. The minimum atomic E-state index is -1.93. The first-order valence-electron chi connectivity index (χ1n) is 8.16. The summed E-state index contributed by atoms with van der Waals surface area (Å²) in [6.45, 7) is 13.1. The third-order valence-electron chi connectivity index (χ3n) is 4.29. The molecule has 5 nitrogen and oxygen atoms in total. The first kappa shape index (κ1) is 19.9. The molecule has 0 radical (unpaired) electrons. The Labute approximate surface area is 139 Å². The third-order valence-corrected chi connectivity index (χ3v) is 8.77. The minimum absolute atomic E-state index is 0.0797. The van der Waals surface area contributed by atoms with Gasteiger partial charge in [-0.15, -0.1) is 0 Å². The molecular weight excluding hydrogens is 312 g/mol. The van der Waals surface area contributed by atoms with Crippen LogP contribution in [0, 0.1) is 0 Å². The second-order valence-electron chi connectivity index (χ2n) is 7.24. The fourth-order valence-electron chi connectivity index (χ4n) is 1.70. The smallest absolute Gasteiger partial charge is 0.227 e. The molecule has 0 amide bonds. The van der Waals surface area contributed by atoms with E-state index in [0.29, 0.717) is 12.4 Å². The van der Waals surface area contributed by atoms with Crippen molar-refractivity contribution in [2.24, 2.45) is 0 Å². The van der Waals surface area contributed by atoms with E-state index >= 15 is 0 Å². The summed E-state index contributed by atoms with van der Waals surface area (Å²) in [6.07, 6.45) is 1.82. The Morgan fingerprint density at radius 1 is 1.30 bits per heavy atom. The molecule has 0 aliphatic heterocycles. The van der Waals surface area contributed by atoms with Crippen LogP contribution < -0.4 is 10.2 Å². The molecule has 0 saturated carbocycles. The van der Waals surface area contributed by atoms with Gasteiger partial charge in [-0.3, -0.25) is 4.79 Å². The Balaban J connectivity index is 2.90. The molecule has 6 heteroatoms. The highest BCUT2D eigenvalue weighted by Crippen LogP contribution is 2.37. The molecule has 0 spiro atoms. The summed E-state index contributed by atoms with van der Waals surface area (Å²) in [5.41, 5.74) is -0.273. The van der Waals surface area contributed by atoms with Gasteiger partial charge in [-0.2, -0.15) is 0 Å². The number of ether oxygens (including phenoxy) is 1. The maximum Gasteiger partial charge on any atom is 0.227 e. The Bertz CT molecular complexity index is 557. The quantitative estimate of drug-likeness (QED) is 0.574. The van der Waals surface area contributed by atoms with Crippen molar-refractivity contribution in [2.75, 3.05) is 6.61 Å². The molecule has 0 saturated heterocycles. The van der Waals surface area contributed by atoms with Crippen LogP contribution in [0.5, 0.6) is 5.75 Å². The van der Waals surface area contributed by atoms with Gasteiger partial charge in [0.2, 0.25) is 11.2 Å².